The molecule has 0 aliphatic carbocycles. The first-order chi connectivity index (χ1) is 5.15. The zero-order chi connectivity index (χ0) is 8.43. The fourth-order valence-electron chi connectivity index (χ4n) is 0.894. The molecular weight excluding hydrogens is 204 g/mol. The van der Waals surface area contributed by atoms with Crippen LogP contribution in [0, 0.1) is 25.2 Å². The molecule has 0 aliphatic heterocycles. The molecule has 0 aliphatic rings. The molecule has 0 N–H and O–H groups in total. The summed E-state index contributed by atoms with van der Waals surface area (Å²) in [7, 11) is 0. The molecule has 1 aromatic rings. The van der Waals surface area contributed by atoms with Crippen molar-refractivity contribution >= 4 is 15.9 Å². The van der Waals surface area contributed by atoms with Gasteiger partial charge in [0.25, 0.3) is 0 Å². The van der Waals surface area contributed by atoms with E-state index in [1.165, 1.54) is 0 Å². The lowest BCUT2D eigenvalue weighted by atomic mass is 10.2. The quantitative estimate of drug-likeness (QED) is 0.660. The lowest BCUT2D eigenvalue weighted by Gasteiger charge is -2.00. The van der Waals surface area contributed by atoms with Crippen molar-refractivity contribution in [3.05, 3.63) is 27.5 Å². The van der Waals surface area contributed by atoms with E-state index in [0.717, 1.165) is 15.9 Å². The molecule has 2 nitrogen and oxygen atoms in total. The average molecular weight is 211 g/mol. The van der Waals surface area contributed by atoms with E-state index in [2.05, 4.69) is 27.0 Å². The summed E-state index contributed by atoms with van der Waals surface area (Å²) in [6.07, 6.45) is 0. The minimum absolute atomic E-state index is 0.648. The predicted octanol–water partition coefficient (Wildman–Crippen LogP) is 2.33. The van der Waals surface area contributed by atoms with Crippen LogP contribution in [0.1, 0.15) is 17.0 Å². The Morgan fingerprint density at radius 3 is 2.73 bits per heavy atom. The zero-order valence-corrected chi connectivity index (χ0v) is 7.94. The van der Waals surface area contributed by atoms with E-state index in [1.807, 2.05) is 13.8 Å². The first kappa shape index (κ1) is 8.22. The Morgan fingerprint density at radius 1 is 1.55 bits per heavy atom. The highest BCUT2D eigenvalue weighted by molar-refractivity contribution is 9.10. The van der Waals surface area contributed by atoms with E-state index in [0.29, 0.717) is 5.56 Å². The Morgan fingerprint density at radius 2 is 2.18 bits per heavy atom. The van der Waals surface area contributed by atoms with Crippen molar-refractivity contribution in [2.45, 2.75) is 13.8 Å². The van der Waals surface area contributed by atoms with Crippen LogP contribution in [0.4, 0.5) is 0 Å². The maximum Gasteiger partial charge on any atom is 0.100 e. The number of nitrogens with zero attached hydrogens (tertiary/aromatic N) is 2. The number of aryl methyl sites for hydroxylation is 2. The van der Waals surface area contributed by atoms with Gasteiger partial charge in [-0.25, -0.2) is 0 Å². The largest absolute Gasteiger partial charge is 0.257 e. The third-order valence-corrected chi connectivity index (χ3v) is 2.37. The van der Waals surface area contributed by atoms with E-state index >= 15 is 0 Å². The van der Waals surface area contributed by atoms with Crippen molar-refractivity contribution in [3.63, 3.8) is 0 Å². The second kappa shape index (κ2) is 3.02. The van der Waals surface area contributed by atoms with E-state index in [4.69, 9.17) is 5.26 Å². The van der Waals surface area contributed by atoms with Crippen molar-refractivity contribution < 1.29 is 0 Å². The van der Waals surface area contributed by atoms with Crippen LogP contribution in [0.2, 0.25) is 0 Å². The summed E-state index contributed by atoms with van der Waals surface area (Å²) in [5, 5.41) is 8.66. The molecule has 0 atom stereocenters. The molecular formula is C8H7BrN2. The minimum atomic E-state index is 0.648. The monoisotopic (exact) mass is 210 g/mol. The van der Waals surface area contributed by atoms with Gasteiger partial charge in [0.05, 0.1) is 15.7 Å². The number of hydrogen-bond acceptors (Lipinski definition) is 2. The number of hydrogen-bond donors (Lipinski definition) is 0. The van der Waals surface area contributed by atoms with Gasteiger partial charge >= 0.3 is 0 Å². The smallest absolute Gasteiger partial charge is 0.100 e. The number of nitriles is 1. The summed E-state index contributed by atoms with van der Waals surface area (Å²) in [5.74, 6) is 0. The third kappa shape index (κ3) is 1.58. The minimum Gasteiger partial charge on any atom is -0.257 e. The lowest BCUT2D eigenvalue weighted by Crippen LogP contribution is -1.90. The van der Waals surface area contributed by atoms with Crippen LogP contribution in [-0.4, -0.2) is 4.98 Å². The molecule has 0 aromatic carbocycles. The zero-order valence-electron chi connectivity index (χ0n) is 6.35. The van der Waals surface area contributed by atoms with E-state index in [1.54, 1.807) is 6.07 Å². The summed E-state index contributed by atoms with van der Waals surface area (Å²) < 4.78 is 0.797. The van der Waals surface area contributed by atoms with E-state index in [-0.39, 0.29) is 0 Å². The van der Waals surface area contributed by atoms with Crippen molar-refractivity contribution in [2.75, 3.05) is 0 Å². The van der Waals surface area contributed by atoms with Gasteiger partial charge in [0.15, 0.2) is 0 Å². The van der Waals surface area contributed by atoms with Gasteiger partial charge < -0.3 is 0 Å². The van der Waals surface area contributed by atoms with Gasteiger partial charge in [-0.1, -0.05) is 0 Å². The number of halogens is 1. The SMILES string of the molecule is Cc1cc(C#N)c(Br)c(C)n1. The van der Waals surface area contributed by atoms with Gasteiger partial charge in [0.2, 0.25) is 0 Å². The molecule has 0 bridgehead atoms. The van der Waals surface area contributed by atoms with Crippen molar-refractivity contribution in [3.8, 4) is 6.07 Å². The number of pyridine rings is 1. The summed E-state index contributed by atoms with van der Waals surface area (Å²) in [4.78, 5) is 4.18. The van der Waals surface area contributed by atoms with E-state index < -0.39 is 0 Å². The fourth-order valence-corrected chi connectivity index (χ4v) is 1.19. The third-order valence-electron chi connectivity index (χ3n) is 1.37. The predicted molar refractivity (Wildman–Crippen MR) is 46.1 cm³/mol. The Balaban J connectivity index is 3.39. The standard InChI is InChI=1S/C8H7BrN2/c1-5-3-7(4-10)8(9)6(2)11-5/h3H,1-2H3. The van der Waals surface area contributed by atoms with Crippen LogP contribution in [0.25, 0.3) is 0 Å². The molecule has 0 fully saturated rings. The normalized spacial score (nSPS) is 9.27. The van der Waals surface area contributed by atoms with E-state index in [9.17, 15) is 0 Å². The Hall–Kier alpha value is -0.880. The van der Waals surface area contributed by atoms with Crippen molar-refractivity contribution in [1.82, 2.24) is 4.98 Å². The van der Waals surface area contributed by atoms with Crippen LogP contribution < -0.4 is 0 Å². The Kier molecular flexibility index (Phi) is 2.25. The topological polar surface area (TPSA) is 36.7 Å². The molecule has 1 aromatic heterocycles. The average Bonchev–Trinajstić information content (AvgIpc) is 1.96. The maximum absolute atomic E-state index is 8.66. The molecule has 0 unspecified atom stereocenters. The van der Waals surface area contributed by atoms with Crippen molar-refractivity contribution in [1.29, 1.82) is 5.26 Å². The first-order valence-electron chi connectivity index (χ1n) is 3.19. The van der Waals surface area contributed by atoms with Crippen LogP contribution in [-0.2, 0) is 0 Å². The molecule has 56 valence electrons. The van der Waals surface area contributed by atoms with Crippen LogP contribution >= 0.6 is 15.9 Å². The second-order valence-corrected chi connectivity index (χ2v) is 3.12. The highest BCUT2D eigenvalue weighted by Crippen LogP contribution is 2.19. The highest BCUT2D eigenvalue weighted by Gasteiger charge is 2.03. The maximum atomic E-state index is 8.66. The number of aromatic nitrogens is 1. The summed E-state index contributed by atoms with van der Waals surface area (Å²) in [6.45, 7) is 3.75. The highest BCUT2D eigenvalue weighted by atomic mass is 79.9. The van der Waals surface area contributed by atoms with Gasteiger partial charge in [0.1, 0.15) is 6.07 Å². The molecule has 3 heteroatoms. The molecule has 0 saturated heterocycles. The Bertz CT molecular complexity index is 326. The van der Waals surface area contributed by atoms with Crippen molar-refractivity contribution in [2.24, 2.45) is 0 Å². The fraction of sp³-hybridized carbons (Fsp3) is 0.250. The first-order valence-corrected chi connectivity index (χ1v) is 3.98. The summed E-state index contributed by atoms with van der Waals surface area (Å²) in [6, 6.07) is 3.85. The molecule has 1 rings (SSSR count). The molecule has 0 amide bonds. The Labute approximate surface area is 74.0 Å². The molecule has 0 spiro atoms. The lowest BCUT2D eigenvalue weighted by molar-refractivity contribution is 1.10. The molecule has 11 heavy (non-hydrogen) atoms. The van der Waals surface area contributed by atoms with Gasteiger partial charge in [-0.3, -0.25) is 4.98 Å². The summed E-state index contributed by atoms with van der Waals surface area (Å²) in [5.41, 5.74) is 2.39. The number of rotatable bonds is 0. The van der Waals surface area contributed by atoms with Crippen LogP contribution in [0.5, 0.6) is 0 Å². The second-order valence-electron chi connectivity index (χ2n) is 2.32. The molecule has 1 heterocycles. The van der Waals surface area contributed by atoms with Gasteiger partial charge in [-0.15, -0.1) is 0 Å². The van der Waals surface area contributed by atoms with Crippen LogP contribution in [0.15, 0.2) is 10.5 Å². The van der Waals surface area contributed by atoms with Gasteiger partial charge in [0, 0.05) is 5.69 Å². The molecule has 0 radical (unpaired) electrons. The summed E-state index contributed by atoms with van der Waals surface area (Å²) >= 11 is 3.29. The van der Waals surface area contributed by atoms with Gasteiger partial charge in [-0.05, 0) is 35.8 Å². The molecule has 0 saturated carbocycles. The van der Waals surface area contributed by atoms with Gasteiger partial charge in [-0.2, -0.15) is 5.26 Å². The van der Waals surface area contributed by atoms with Crippen LogP contribution in [0.3, 0.4) is 0 Å².